The molecule has 8 nitrogen and oxygen atoms in total. The van der Waals surface area contributed by atoms with E-state index in [0.717, 1.165) is 17.4 Å². The molecule has 1 saturated carbocycles. The number of benzene rings is 2. The summed E-state index contributed by atoms with van der Waals surface area (Å²) in [5.74, 6) is -6.36. The van der Waals surface area contributed by atoms with E-state index in [1.807, 2.05) is 6.92 Å². The number of aromatic hydroxyl groups is 1. The Bertz CT molecular complexity index is 1180. The minimum absolute atomic E-state index is 0.150. The Morgan fingerprint density at radius 1 is 1.14 bits per heavy atom. The van der Waals surface area contributed by atoms with Gasteiger partial charge in [-0.25, -0.2) is 4.39 Å². The molecule has 0 unspecified atom stereocenters. The highest BCUT2D eigenvalue weighted by atomic mass is 19.1. The minimum atomic E-state index is -1.75. The molecule has 0 spiro atoms. The number of phenolic OH excluding ortho intramolecular Hbond substituents is 1. The molecule has 10 heteroatoms. The molecule has 0 radical (unpaired) electrons. The van der Waals surface area contributed by atoms with Crippen molar-refractivity contribution in [2.24, 2.45) is 23.7 Å². The van der Waals surface area contributed by atoms with Crippen molar-refractivity contribution in [2.45, 2.75) is 44.5 Å². The van der Waals surface area contributed by atoms with Crippen molar-refractivity contribution < 1.29 is 39.0 Å². The van der Waals surface area contributed by atoms with Gasteiger partial charge in [-0.3, -0.25) is 14.5 Å². The highest BCUT2D eigenvalue weighted by Crippen LogP contribution is 2.59. The quantitative estimate of drug-likeness (QED) is 0.376. The number of anilines is 1. The number of rotatable bonds is 5. The molecule has 0 bridgehead atoms. The Hall–Kier alpha value is -2.79. The van der Waals surface area contributed by atoms with Crippen molar-refractivity contribution in [1.82, 2.24) is 0 Å². The van der Waals surface area contributed by atoms with E-state index in [-0.39, 0.29) is 29.9 Å². The maximum absolute atomic E-state index is 14.0. The zero-order valence-corrected chi connectivity index (χ0v) is 19.2. The van der Waals surface area contributed by atoms with E-state index in [4.69, 9.17) is 4.74 Å². The third-order valence-electron chi connectivity index (χ3n) is 7.77. The number of carbonyl (C=O) groups is 2. The van der Waals surface area contributed by atoms with Crippen molar-refractivity contribution in [1.29, 1.82) is 0 Å². The van der Waals surface area contributed by atoms with Gasteiger partial charge in [-0.05, 0) is 54.6 Å². The standard InChI is InChI=1S/C25H27BFNO7/c1-2-4-14-10-17-22(24(31)28(23(17)30)16-6-3-5-15(11-16)26(33)34)18-12-21(35-25(14,18)32)13-7-8-20(29)19(27)9-13/h3,5-9,11,14,17-18,21-22,29,32-34H,2,4,10,12H2,1H3/t14-,17-,18-,21-,22-,25+/m0/s1. The molecule has 5 rings (SSSR count). The molecule has 2 aliphatic heterocycles. The van der Waals surface area contributed by atoms with Crippen LogP contribution in [-0.4, -0.2) is 45.0 Å². The molecule has 3 aliphatic rings. The van der Waals surface area contributed by atoms with E-state index in [1.165, 1.54) is 30.3 Å². The van der Waals surface area contributed by atoms with E-state index >= 15 is 0 Å². The van der Waals surface area contributed by atoms with Crippen LogP contribution in [0.5, 0.6) is 5.75 Å². The van der Waals surface area contributed by atoms with E-state index in [0.29, 0.717) is 12.0 Å². The first-order valence-corrected chi connectivity index (χ1v) is 11.9. The normalized spacial score (nSPS) is 32.0. The highest BCUT2D eigenvalue weighted by Gasteiger charge is 2.66. The number of carbonyl (C=O) groups excluding carboxylic acids is 2. The van der Waals surface area contributed by atoms with Crippen LogP contribution in [0.4, 0.5) is 10.1 Å². The van der Waals surface area contributed by atoms with Crippen LogP contribution in [0.3, 0.4) is 0 Å². The summed E-state index contributed by atoms with van der Waals surface area (Å²) in [7, 11) is -1.75. The third-order valence-corrected chi connectivity index (χ3v) is 7.77. The molecular weight excluding hydrogens is 456 g/mol. The third kappa shape index (κ3) is 3.76. The lowest BCUT2D eigenvalue weighted by Crippen LogP contribution is -2.53. The smallest absolute Gasteiger partial charge is 0.488 e. The van der Waals surface area contributed by atoms with Gasteiger partial charge < -0.3 is 25.0 Å². The van der Waals surface area contributed by atoms with Crippen LogP contribution in [0.2, 0.25) is 0 Å². The van der Waals surface area contributed by atoms with Gasteiger partial charge in [-0.2, -0.15) is 0 Å². The van der Waals surface area contributed by atoms with Crippen LogP contribution in [0, 0.1) is 29.5 Å². The average Bonchev–Trinajstić information content (AvgIpc) is 3.30. The number of hydrogen-bond donors (Lipinski definition) is 4. The first-order valence-electron chi connectivity index (χ1n) is 11.9. The minimum Gasteiger partial charge on any atom is -0.505 e. The fourth-order valence-electron chi connectivity index (χ4n) is 6.17. The molecule has 6 atom stereocenters. The van der Waals surface area contributed by atoms with E-state index < -0.39 is 60.2 Å². The first-order chi connectivity index (χ1) is 16.7. The van der Waals surface area contributed by atoms with Crippen LogP contribution >= 0.6 is 0 Å². The van der Waals surface area contributed by atoms with E-state index in [9.17, 15) is 34.2 Å². The monoisotopic (exact) mass is 483 g/mol. The maximum atomic E-state index is 14.0. The fourth-order valence-corrected chi connectivity index (χ4v) is 6.17. The number of amides is 2. The topological polar surface area (TPSA) is 128 Å². The molecule has 0 aromatic heterocycles. The molecule has 3 fully saturated rings. The zero-order chi connectivity index (χ0) is 25.1. The van der Waals surface area contributed by atoms with Gasteiger partial charge >= 0.3 is 7.12 Å². The Morgan fingerprint density at radius 2 is 1.91 bits per heavy atom. The second kappa shape index (κ2) is 8.71. The first kappa shape index (κ1) is 23.9. The van der Waals surface area contributed by atoms with Crippen LogP contribution in [0.15, 0.2) is 42.5 Å². The molecule has 2 amide bonds. The molecule has 35 heavy (non-hydrogen) atoms. The molecular formula is C25H27BFNO7. The Labute approximate surface area is 202 Å². The molecule has 184 valence electrons. The number of fused-ring (bicyclic) bond motifs is 3. The maximum Gasteiger partial charge on any atom is 0.488 e. The van der Waals surface area contributed by atoms with Gasteiger partial charge in [-0.15, -0.1) is 0 Å². The van der Waals surface area contributed by atoms with E-state index in [1.54, 1.807) is 6.07 Å². The number of ether oxygens (including phenoxy) is 1. The summed E-state index contributed by atoms with van der Waals surface area (Å²) in [5.41, 5.74) is 0.830. The number of aliphatic hydroxyl groups is 1. The molecule has 2 aromatic rings. The number of halogens is 1. The SMILES string of the molecule is CCC[C@H]1C[C@@H]2C(=O)N(c3cccc(B(O)O)c3)C(=O)[C@@H]2[C@@H]2C[C@@H](c3ccc(O)c(F)c3)O[C@]12O. The van der Waals surface area contributed by atoms with Crippen molar-refractivity contribution in [3.63, 3.8) is 0 Å². The fraction of sp³-hybridized carbons (Fsp3) is 0.440. The lowest BCUT2D eigenvalue weighted by atomic mass is 9.63. The Morgan fingerprint density at radius 3 is 2.60 bits per heavy atom. The van der Waals surface area contributed by atoms with Crippen molar-refractivity contribution >= 4 is 30.1 Å². The second-order valence-corrected chi connectivity index (χ2v) is 9.75. The number of imide groups is 1. The molecule has 2 saturated heterocycles. The Balaban J connectivity index is 1.52. The van der Waals surface area contributed by atoms with Crippen molar-refractivity contribution in [3.8, 4) is 5.75 Å². The van der Waals surface area contributed by atoms with Crippen LogP contribution < -0.4 is 10.4 Å². The zero-order valence-electron chi connectivity index (χ0n) is 19.2. The van der Waals surface area contributed by atoms with Crippen LogP contribution in [0.25, 0.3) is 0 Å². The molecule has 2 aromatic carbocycles. The highest BCUT2D eigenvalue weighted by molar-refractivity contribution is 6.58. The number of phenols is 1. The summed E-state index contributed by atoms with van der Waals surface area (Å²) in [6.07, 6.45) is 1.10. The van der Waals surface area contributed by atoms with Crippen molar-refractivity contribution in [3.05, 3.63) is 53.8 Å². The summed E-state index contributed by atoms with van der Waals surface area (Å²) in [6, 6.07) is 9.87. The van der Waals surface area contributed by atoms with Gasteiger partial charge in [0.15, 0.2) is 17.4 Å². The molecule has 4 N–H and O–H groups in total. The Kier molecular flexibility index (Phi) is 5.95. The van der Waals surface area contributed by atoms with Crippen molar-refractivity contribution in [2.75, 3.05) is 4.90 Å². The summed E-state index contributed by atoms with van der Waals surface area (Å²) in [5, 5.41) is 40.4. The van der Waals surface area contributed by atoms with Gasteiger partial charge in [-0.1, -0.05) is 31.5 Å². The number of hydrogen-bond acceptors (Lipinski definition) is 7. The summed E-state index contributed by atoms with van der Waals surface area (Å²) in [4.78, 5) is 28.2. The molecule has 2 heterocycles. The van der Waals surface area contributed by atoms with Gasteiger partial charge in [0.2, 0.25) is 11.8 Å². The molecule has 1 aliphatic carbocycles. The lowest BCUT2D eigenvalue weighted by Gasteiger charge is -2.44. The predicted octanol–water partition coefficient (Wildman–Crippen LogP) is 1.60. The largest absolute Gasteiger partial charge is 0.505 e. The van der Waals surface area contributed by atoms with Gasteiger partial charge in [0.1, 0.15) is 0 Å². The van der Waals surface area contributed by atoms with Gasteiger partial charge in [0.25, 0.3) is 0 Å². The second-order valence-electron chi connectivity index (χ2n) is 9.75. The number of nitrogens with zero attached hydrogens (tertiary/aromatic N) is 1. The summed E-state index contributed by atoms with van der Waals surface area (Å²) < 4.78 is 20.2. The lowest BCUT2D eigenvalue weighted by molar-refractivity contribution is -0.270. The van der Waals surface area contributed by atoms with Crippen LogP contribution in [-0.2, 0) is 14.3 Å². The van der Waals surface area contributed by atoms with Gasteiger partial charge in [0, 0.05) is 11.8 Å². The van der Waals surface area contributed by atoms with Gasteiger partial charge in [0.05, 0.1) is 23.6 Å². The summed E-state index contributed by atoms with van der Waals surface area (Å²) >= 11 is 0. The van der Waals surface area contributed by atoms with Crippen LogP contribution in [0.1, 0.15) is 44.3 Å². The predicted molar refractivity (Wildman–Crippen MR) is 124 cm³/mol. The average molecular weight is 483 g/mol. The van der Waals surface area contributed by atoms with E-state index in [2.05, 4.69) is 0 Å². The summed E-state index contributed by atoms with van der Waals surface area (Å²) in [6.45, 7) is 1.96.